The summed E-state index contributed by atoms with van der Waals surface area (Å²) >= 11 is 9.07. The predicted molar refractivity (Wildman–Crippen MR) is 143 cm³/mol. The van der Waals surface area contributed by atoms with Crippen LogP contribution in [0.4, 0.5) is 5.69 Å². The van der Waals surface area contributed by atoms with Crippen LogP contribution in [0.1, 0.15) is 25.3 Å². The SMILES string of the molecule is CSc1ccccc1NC(=O)CSc1nnc(-c2ccc(Cl)cc2)n1-c1ccccc1C(C)C. The van der Waals surface area contributed by atoms with Crippen LogP contribution in [0.5, 0.6) is 0 Å². The maximum atomic E-state index is 12.8. The van der Waals surface area contributed by atoms with E-state index in [2.05, 4.69) is 41.5 Å². The Morgan fingerprint density at radius 2 is 1.71 bits per heavy atom. The normalized spacial score (nSPS) is 11.1. The molecule has 1 N–H and O–H groups in total. The molecule has 0 saturated carbocycles. The molecule has 8 heteroatoms. The zero-order chi connectivity index (χ0) is 24.1. The Kier molecular flexibility index (Phi) is 7.98. The van der Waals surface area contributed by atoms with Crippen molar-refractivity contribution in [1.29, 1.82) is 0 Å². The number of nitrogens with zero attached hydrogens (tertiary/aromatic N) is 3. The molecule has 34 heavy (non-hydrogen) atoms. The molecule has 0 atom stereocenters. The van der Waals surface area contributed by atoms with Gasteiger partial charge in [0, 0.05) is 15.5 Å². The first kappa shape index (κ1) is 24.4. The zero-order valence-electron chi connectivity index (χ0n) is 19.2. The fourth-order valence-electron chi connectivity index (χ4n) is 3.61. The minimum Gasteiger partial charge on any atom is -0.324 e. The summed E-state index contributed by atoms with van der Waals surface area (Å²) in [6.07, 6.45) is 1.99. The third-order valence-corrected chi connectivity index (χ3v) is 7.23. The van der Waals surface area contributed by atoms with Crippen LogP contribution in [0.15, 0.2) is 82.8 Å². The Morgan fingerprint density at radius 1 is 1.00 bits per heavy atom. The number of para-hydroxylation sites is 2. The van der Waals surface area contributed by atoms with Crippen LogP contribution in [-0.4, -0.2) is 32.7 Å². The number of carbonyl (C=O) groups excluding carboxylic acids is 1. The van der Waals surface area contributed by atoms with Gasteiger partial charge in [-0.1, -0.05) is 67.5 Å². The summed E-state index contributed by atoms with van der Waals surface area (Å²) in [5, 5.41) is 13.3. The van der Waals surface area contributed by atoms with E-state index in [9.17, 15) is 4.79 Å². The lowest BCUT2D eigenvalue weighted by Gasteiger charge is -2.17. The highest BCUT2D eigenvalue weighted by atomic mass is 35.5. The maximum absolute atomic E-state index is 12.8. The van der Waals surface area contributed by atoms with E-state index in [4.69, 9.17) is 11.6 Å². The largest absolute Gasteiger partial charge is 0.324 e. The lowest BCUT2D eigenvalue weighted by atomic mass is 10.0. The van der Waals surface area contributed by atoms with Crippen molar-refractivity contribution < 1.29 is 4.79 Å². The molecule has 0 spiro atoms. The van der Waals surface area contributed by atoms with Crippen molar-refractivity contribution in [1.82, 2.24) is 14.8 Å². The monoisotopic (exact) mass is 508 g/mol. The van der Waals surface area contributed by atoms with E-state index in [0.29, 0.717) is 21.9 Å². The van der Waals surface area contributed by atoms with Crippen molar-refractivity contribution in [3.63, 3.8) is 0 Å². The first-order chi connectivity index (χ1) is 16.5. The number of hydrogen-bond acceptors (Lipinski definition) is 5. The van der Waals surface area contributed by atoms with Crippen LogP contribution in [-0.2, 0) is 4.79 Å². The Bertz CT molecular complexity index is 1290. The van der Waals surface area contributed by atoms with E-state index >= 15 is 0 Å². The van der Waals surface area contributed by atoms with E-state index in [1.807, 2.05) is 71.5 Å². The number of carbonyl (C=O) groups is 1. The molecule has 3 aromatic carbocycles. The van der Waals surface area contributed by atoms with Gasteiger partial charge in [0.05, 0.1) is 17.1 Å². The van der Waals surface area contributed by atoms with Crippen molar-refractivity contribution in [3.05, 3.63) is 83.4 Å². The highest BCUT2D eigenvalue weighted by Crippen LogP contribution is 2.33. The first-order valence-electron chi connectivity index (χ1n) is 10.8. The average Bonchev–Trinajstić information content (AvgIpc) is 3.27. The van der Waals surface area contributed by atoms with Gasteiger partial charge in [0.25, 0.3) is 0 Å². The van der Waals surface area contributed by atoms with Gasteiger partial charge in [-0.2, -0.15) is 0 Å². The number of benzene rings is 3. The lowest BCUT2D eigenvalue weighted by molar-refractivity contribution is -0.113. The summed E-state index contributed by atoms with van der Waals surface area (Å²) in [6, 6.07) is 23.6. The van der Waals surface area contributed by atoms with E-state index < -0.39 is 0 Å². The molecule has 0 fully saturated rings. The number of nitrogens with one attached hydrogen (secondary N) is 1. The lowest BCUT2D eigenvalue weighted by Crippen LogP contribution is -2.15. The second-order valence-corrected chi connectivity index (χ2v) is 10.1. The quantitative estimate of drug-likeness (QED) is 0.256. The average molecular weight is 509 g/mol. The fraction of sp³-hybridized carbons (Fsp3) is 0.192. The summed E-state index contributed by atoms with van der Waals surface area (Å²) in [5.41, 5.74) is 3.90. The summed E-state index contributed by atoms with van der Waals surface area (Å²) in [5.74, 6) is 1.14. The van der Waals surface area contributed by atoms with Crippen molar-refractivity contribution in [2.75, 3.05) is 17.3 Å². The van der Waals surface area contributed by atoms with Gasteiger partial charge in [-0.15, -0.1) is 22.0 Å². The van der Waals surface area contributed by atoms with Crippen molar-refractivity contribution in [2.45, 2.75) is 29.8 Å². The highest BCUT2D eigenvalue weighted by Gasteiger charge is 2.20. The predicted octanol–water partition coefficient (Wildman–Crippen LogP) is 7.16. The molecule has 0 aliphatic carbocycles. The smallest absolute Gasteiger partial charge is 0.234 e. The summed E-state index contributed by atoms with van der Waals surface area (Å²) < 4.78 is 2.03. The number of thioether (sulfide) groups is 2. The summed E-state index contributed by atoms with van der Waals surface area (Å²) in [6.45, 7) is 4.32. The highest BCUT2D eigenvalue weighted by molar-refractivity contribution is 7.99. The van der Waals surface area contributed by atoms with Crippen LogP contribution in [0, 0.1) is 0 Å². The van der Waals surface area contributed by atoms with Crippen molar-refractivity contribution in [2.24, 2.45) is 0 Å². The Hall–Kier alpha value is -2.74. The summed E-state index contributed by atoms with van der Waals surface area (Å²) in [4.78, 5) is 13.8. The number of hydrogen-bond donors (Lipinski definition) is 1. The van der Waals surface area contributed by atoms with Gasteiger partial charge in [-0.05, 0) is 60.2 Å². The molecule has 1 aromatic heterocycles. The molecule has 174 valence electrons. The molecule has 4 rings (SSSR count). The molecule has 1 amide bonds. The van der Waals surface area contributed by atoms with Gasteiger partial charge in [0.1, 0.15) is 0 Å². The zero-order valence-corrected chi connectivity index (χ0v) is 21.5. The van der Waals surface area contributed by atoms with Crippen molar-refractivity contribution >= 4 is 46.7 Å². The van der Waals surface area contributed by atoms with Crippen LogP contribution < -0.4 is 5.32 Å². The summed E-state index contributed by atoms with van der Waals surface area (Å²) in [7, 11) is 0. The minimum atomic E-state index is -0.0914. The van der Waals surface area contributed by atoms with Gasteiger partial charge in [-0.3, -0.25) is 9.36 Å². The molecular formula is C26H25ClN4OS2. The Morgan fingerprint density at radius 3 is 2.44 bits per heavy atom. The molecule has 0 bridgehead atoms. The topological polar surface area (TPSA) is 59.8 Å². The molecule has 0 saturated heterocycles. The molecule has 1 heterocycles. The minimum absolute atomic E-state index is 0.0914. The van der Waals surface area contributed by atoms with Crippen LogP contribution in [0.25, 0.3) is 17.1 Å². The molecule has 5 nitrogen and oxygen atoms in total. The molecule has 0 unspecified atom stereocenters. The van der Waals surface area contributed by atoms with Crippen molar-refractivity contribution in [3.8, 4) is 17.1 Å². The van der Waals surface area contributed by atoms with Crippen LogP contribution >= 0.6 is 35.1 Å². The number of halogens is 1. The second-order valence-electron chi connectivity index (χ2n) is 7.90. The van der Waals surface area contributed by atoms with E-state index in [-0.39, 0.29) is 11.7 Å². The maximum Gasteiger partial charge on any atom is 0.234 e. The Balaban J connectivity index is 1.66. The standard InChI is InChI=1S/C26H25ClN4OS2/c1-17(2)20-8-4-6-10-22(20)31-25(18-12-14-19(27)15-13-18)29-30-26(31)34-16-24(32)28-21-9-5-7-11-23(21)33-3/h4-15,17H,16H2,1-3H3,(H,28,32). The van der Waals surface area contributed by atoms with Gasteiger partial charge in [0.2, 0.25) is 5.91 Å². The number of aromatic nitrogens is 3. The van der Waals surface area contributed by atoms with Gasteiger partial charge in [-0.25, -0.2) is 0 Å². The third kappa shape index (κ3) is 5.49. The first-order valence-corrected chi connectivity index (χ1v) is 13.4. The molecule has 0 radical (unpaired) electrons. The number of anilines is 1. The fourth-order valence-corrected chi connectivity index (χ4v) is 5.03. The van der Waals surface area contributed by atoms with Crippen LogP contribution in [0.2, 0.25) is 5.02 Å². The van der Waals surface area contributed by atoms with Gasteiger partial charge >= 0.3 is 0 Å². The van der Waals surface area contributed by atoms with Gasteiger partial charge in [0.15, 0.2) is 11.0 Å². The molecule has 0 aliphatic heterocycles. The van der Waals surface area contributed by atoms with Gasteiger partial charge < -0.3 is 5.32 Å². The van der Waals surface area contributed by atoms with Crippen LogP contribution in [0.3, 0.4) is 0 Å². The van der Waals surface area contributed by atoms with E-state index in [1.165, 1.54) is 17.3 Å². The molecule has 0 aliphatic rings. The van der Waals surface area contributed by atoms with E-state index in [1.54, 1.807) is 11.8 Å². The number of amides is 1. The molecule has 4 aromatic rings. The van der Waals surface area contributed by atoms with E-state index in [0.717, 1.165) is 21.8 Å². The Labute approximate surface area is 213 Å². The number of rotatable bonds is 8. The molecular weight excluding hydrogens is 484 g/mol. The third-order valence-electron chi connectivity index (χ3n) is 5.25. The second kappa shape index (κ2) is 11.1.